The molecular formula is C6H11F3Zr. The summed E-state index contributed by atoms with van der Waals surface area (Å²) >= 11 is -0.0408. The van der Waals surface area contributed by atoms with Crippen LogP contribution in [0.5, 0.6) is 0 Å². The Morgan fingerprint density at radius 3 is 2.10 bits per heavy atom. The Hall–Kier alpha value is 0.153. The molecule has 4 heteroatoms. The summed E-state index contributed by atoms with van der Waals surface area (Å²) in [5.41, 5.74) is 0. The van der Waals surface area contributed by atoms with Crippen LogP contribution in [0.25, 0.3) is 0 Å². The van der Waals surface area contributed by atoms with Crippen molar-refractivity contribution in [3.05, 3.63) is 21.5 Å². The molecule has 10 heavy (non-hydrogen) atoms. The molecule has 60 valence electrons. The Morgan fingerprint density at radius 2 is 1.90 bits per heavy atom. The fourth-order valence-electron chi connectivity index (χ4n) is 0.633. The maximum atomic E-state index is 2.36. The molecule has 1 aliphatic rings. The zero-order chi connectivity index (χ0) is 5.11. The first kappa shape index (κ1) is 16.6. The topological polar surface area (TPSA) is 0 Å². The number of rotatable bonds is 1. The third kappa shape index (κ3) is 4.98. The van der Waals surface area contributed by atoms with Crippen LogP contribution in [0.15, 0.2) is 21.5 Å². The minimum absolute atomic E-state index is 0. The van der Waals surface area contributed by atoms with E-state index in [9.17, 15) is 0 Å². The van der Waals surface area contributed by atoms with Crippen molar-refractivity contribution in [3.63, 3.8) is 0 Å². The molecule has 0 amide bonds. The molecule has 1 aliphatic carbocycles. The van der Waals surface area contributed by atoms with Crippen LogP contribution in [0.3, 0.4) is 0 Å². The Bertz CT molecular complexity index is 120. The summed E-state index contributed by atoms with van der Waals surface area (Å²) in [5, 5.41) is 0. The summed E-state index contributed by atoms with van der Waals surface area (Å²) in [5.74, 6) is 0. The third-order valence-corrected chi connectivity index (χ3v) is 3.58. The second-order valence-corrected chi connectivity index (χ2v) is 4.38. The number of hydrogen-bond acceptors (Lipinski definition) is 0. The first-order chi connectivity index (χ1) is 3.43. The average Bonchev–Trinajstić information content (AvgIpc) is 2.14. The van der Waals surface area contributed by atoms with Gasteiger partial charge in [-0.3, -0.25) is 14.1 Å². The van der Waals surface area contributed by atoms with Gasteiger partial charge in [-0.25, -0.2) is 0 Å². The van der Waals surface area contributed by atoms with Gasteiger partial charge in [0.15, 0.2) is 0 Å². The number of hydrogen-bond donors (Lipinski definition) is 0. The van der Waals surface area contributed by atoms with Gasteiger partial charge in [0.05, 0.1) is 0 Å². The Balaban J connectivity index is -0.000000163. The molecule has 0 heterocycles. The van der Waals surface area contributed by atoms with Gasteiger partial charge >= 0.3 is 55.8 Å². The van der Waals surface area contributed by atoms with Crippen LogP contribution in [0.1, 0.15) is 6.42 Å². The molecule has 0 aliphatic heterocycles. The van der Waals surface area contributed by atoms with E-state index in [1.54, 1.807) is 3.28 Å². The van der Waals surface area contributed by atoms with Crippen molar-refractivity contribution in [1.82, 2.24) is 0 Å². The summed E-state index contributed by atoms with van der Waals surface area (Å²) in [4.78, 5) is 0. The normalized spacial score (nSPS) is 11.9. The number of allylic oxidation sites excluding steroid dienone is 4. The molecule has 0 radical (unpaired) electrons. The first-order valence-corrected chi connectivity index (χ1v) is 6.15. The fourth-order valence-corrected chi connectivity index (χ4v) is 2.07. The minimum atomic E-state index is -0.0408. The predicted molar refractivity (Wildman–Crippen MR) is 35.2 cm³/mol. The second kappa shape index (κ2) is 9.15. The van der Waals surface area contributed by atoms with Gasteiger partial charge in [0, 0.05) is 0 Å². The Labute approximate surface area is 70.1 Å². The van der Waals surface area contributed by atoms with E-state index in [0.29, 0.717) is 0 Å². The molecule has 0 saturated carbocycles. The average molecular weight is 231 g/mol. The van der Waals surface area contributed by atoms with E-state index in [1.807, 2.05) is 0 Å². The van der Waals surface area contributed by atoms with Crippen molar-refractivity contribution in [3.8, 4) is 0 Å². The van der Waals surface area contributed by atoms with Crippen molar-refractivity contribution in [2.24, 2.45) is 0 Å². The van der Waals surface area contributed by atoms with Crippen molar-refractivity contribution in [1.29, 1.82) is 0 Å². The molecule has 0 unspecified atom stereocenters. The van der Waals surface area contributed by atoms with Crippen LogP contribution in [0.2, 0.25) is 4.63 Å². The molecule has 0 aromatic carbocycles. The zero-order valence-electron chi connectivity index (χ0n) is 5.66. The van der Waals surface area contributed by atoms with Crippen LogP contribution < -0.4 is 0 Å². The van der Waals surface area contributed by atoms with Crippen LogP contribution in [0, 0.1) is 0 Å². The molecule has 0 N–H and O–H groups in total. The molecule has 0 fully saturated rings. The van der Waals surface area contributed by atoms with Crippen molar-refractivity contribution < 1.29 is 37.3 Å². The van der Waals surface area contributed by atoms with Gasteiger partial charge < -0.3 is 0 Å². The van der Waals surface area contributed by atoms with Gasteiger partial charge in [-0.1, -0.05) is 0 Å². The number of halogens is 3. The molecule has 0 aromatic heterocycles. The molecule has 0 nitrogen and oxygen atoms in total. The molecule has 0 saturated heterocycles. The SMILES string of the molecule is F.F.F.[CH3][Zr][C]1=CC=CC1. The van der Waals surface area contributed by atoms with E-state index >= 15 is 0 Å². The summed E-state index contributed by atoms with van der Waals surface area (Å²) in [6.07, 6.45) is 7.94. The van der Waals surface area contributed by atoms with Gasteiger partial charge in [-0.2, -0.15) is 0 Å². The van der Waals surface area contributed by atoms with Crippen LogP contribution in [0.4, 0.5) is 14.1 Å². The maximum absolute atomic E-state index is 2.36. The fraction of sp³-hybridized carbons (Fsp3) is 0.333. The van der Waals surface area contributed by atoms with Crippen molar-refractivity contribution in [2.75, 3.05) is 0 Å². The van der Waals surface area contributed by atoms with Crippen LogP contribution in [-0.4, -0.2) is 0 Å². The van der Waals surface area contributed by atoms with E-state index in [0.717, 1.165) is 0 Å². The van der Waals surface area contributed by atoms with Crippen LogP contribution >= 0.6 is 0 Å². The second-order valence-electron chi connectivity index (χ2n) is 1.57. The van der Waals surface area contributed by atoms with Crippen molar-refractivity contribution >= 4 is 0 Å². The van der Waals surface area contributed by atoms with E-state index < -0.39 is 0 Å². The standard InChI is InChI=1S/C5H5.CH3.3FH.Zr/c1-2-4-5-3-1;;;;;/h1-3H,4H2;1H3;3*1H;. The molecule has 1 rings (SSSR count). The van der Waals surface area contributed by atoms with Gasteiger partial charge in [0.25, 0.3) is 0 Å². The Morgan fingerprint density at radius 1 is 1.30 bits per heavy atom. The molecule has 0 spiro atoms. The molecular weight excluding hydrogens is 220 g/mol. The summed E-state index contributed by atoms with van der Waals surface area (Å²) in [6, 6.07) is 0. The molecule has 0 aromatic rings. The van der Waals surface area contributed by atoms with Gasteiger partial charge in [0.2, 0.25) is 0 Å². The monoisotopic (exact) mass is 230 g/mol. The van der Waals surface area contributed by atoms with Gasteiger partial charge in [0.1, 0.15) is 0 Å². The quantitative estimate of drug-likeness (QED) is 0.650. The summed E-state index contributed by atoms with van der Waals surface area (Å²) < 4.78 is 4.09. The van der Waals surface area contributed by atoms with Gasteiger partial charge in [-0.15, -0.1) is 0 Å². The summed E-state index contributed by atoms with van der Waals surface area (Å²) in [6.45, 7) is 0. The van der Waals surface area contributed by atoms with E-state index in [-0.39, 0.29) is 37.3 Å². The molecule has 0 atom stereocenters. The van der Waals surface area contributed by atoms with Crippen LogP contribution in [-0.2, 0) is 23.2 Å². The zero-order valence-corrected chi connectivity index (χ0v) is 8.12. The van der Waals surface area contributed by atoms with E-state index in [2.05, 4.69) is 22.9 Å². The Kier molecular flexibility index (Phi) is 15.2. The third-order valence-electron chi connectivity index (χ3n) is 1.09. The van der Waals surface area contributed by atoms with E-state index in [4.69, 9.17) is 0 Å². The predicted octanol–water partition coefficient (Wildman–Crippen LogP) is 2.42. The first-order valence-electron chi connectivity index (χ1n) is 2.47. The van der Waals surface area contributed by atoms with Crippen molar-refractivity contribution in [2.45, 2.75) is 11.1 Å². The van der Waals surface area contributed by atoms with Gasteiger partial charge in [-0.05, 0) is 0 Å². The molecule has 0 bridgehead atoms. The van der Waals surface area contributed by atoms with E-state index in [1.165, 1.54) is 6.42 Å². The summed E-state index contributed by atoms with van der Waals surface area (Å²) in [7, 11) is 0.